The van der Waals surface area contributed by atoms with E-state index in [1.807, 2.05) is 19.3 Å². The van der Waals surface area contributed by atoms with Gasteiger partial charge in [-0.2, -0.15) is 0 Å². The van der Waals surface area contributed by atoms with E-state index >= 15 is 0 Å². The largest absolute Gasteiger partial charge is 0.177 e. The van der Waals surface area contributed by atoms with Crippen molar-refractivity contribution in [3.05, 3.63) is 12.3 Å². The molecule has 0 aromatic carbocycles. The SMILES string of the molecule is C[N+]1C=CC=N1. The first-order valence-electron chi connectivity index (χ1n) is 1.83. The van der Waals surface area contributed by atoms with Gasteiger partial charge in [0.15, 0.2) is 6.20 Å². The van der Waals surface area contributed by atoms with Crippen molar-refractivity contribution in [2.24, 2.45) is 5.10 Å². The molecule has 0 unspecified atom stereocenters. The predicted octanol–water partition coefficient (Wildman–Crippen LogP) is 0.269. The standard InChI is InChI=1S/C4H6N2/c1-6-4-2-3-5-6/h2-4H,1H3/q+1. The van der Waals surface area contributed by atoms with Gasteiger partial charge in [-0.3, -0.25) is 0 Å². The molecule has 0 saturated carbocycles. The van der Waals surface area contributed by atoms with E-state index in [0.29, 0.717) is 0 Å². The van der Waals surface area contributed by atoms with Crippen LogP contribution in [0.2, 0.25) is 0 Å². The van der Waals surface area contributed by atoms with Gasteiger partial charge in [0.2, 0.25) is 0 Å². The maximum Gasteiger partial charge on any atom is 0.177 e. The Hall–Kier alpha value is -0.630. The summed E-state index contributed by atoms with van der Waals surface area (Å²) >= 11 is 0. The van der Waals surface area contributed by atoms with Crippen LogP contribution in [0.5, 0.6) is 0 Å². The van der Waals surface area contributed by atoms with Crippen LogP contribution in [0.3, 0.4) is 0 Å². The third-order valence-electron chi connectivity index (χ3n) is 0.637. The Labute approximate surface area is 36.8 Å². The van der Waals surface area contributed by atoms with Crippen molar-refractivity contribution in [1.82, 2.24) is 5.01 Å². The third kappa shape index (κ3) is 0.466. The Morgan fingerprint density at radius 2 is 2.50 bits per heavy atom. The smallest absolute Gasteiger partial charge is 0.0301 e. The molecule has 2 nitrogen and oxygen atoms in total. The molecule has 0 spiro atoms. The lowest BCUT2D eigenvalue weighted by Gasteiger charge is -1.75. The molecule has 1 aliphatic rings. The summed E-state index contributed by atoms with van der Waals surface area (Å²) in [5, 5.41) is 5.58. The first-order chi connectivity index (χ1) is 2.89. The third-order valence-corrected chi connectivity index (χ3v) is 0.637. The average molecular weight is 82.1 g/mol. The van der Waals surface area contributed by atoms with Crippen molar-refractivity contribution in [3.63, 3.8) is 0 Å². The molecule has 0 aromatic rings. The van der Waals surface area contributed by atoms with Gasteiger partial charge in [-0.15, -0.1) is 0 Å². The lowest BCUT2D eigenvalue weighted by molar-refractivity contribution is 0.679. The van der Waals surface area contributed by atoms with E-state index < -0.39 is 0 Å². The van der Waals surface area contributed by atoms with Gasteiger partial charge in [-0.1, -0.05) is 0 Å². The molecule has 1 rings (SSSR count). The Balaban J connectivity index is 2.60. The molecule has 0 N–H and O–H groups in total. The highest BCUT2D eigenvalue weighted by Gasteiger charge is 2.00. The highest BCUT2D eigenvalue weighted by atomic mass is 15.4. The molecule has 0 fully saturated rings. The zero-order valence-corrected chi connectivity index (χ0v) is 3.63. The first-order valence-corrected chi connectivity index (χ1v) is 1.83. The van der Waals surface area contributed by atoms with Crippen molar-refractivity contribution in [3.8, 4) is 0 Å². The fourth-order valence-electron chi connectivity index (χ4n) is 0.345. The number of hydrogen-bond acceptors (Lipinski definition) is 2. The summed E-state index contributed by atoms with van der Waals surface area (Å²) in [7, 11) is 1.89. The summed E-state index contributed by atoms with van der Waals surface area (Å²) in [4.78, 5) is 0. The maximum absolute atomic E-state index is 3.83. The van der Waals surface area contributed by atoms with Gasteiger partial charge >= 0.3 is 0 Å². The Morgan fingerprint density at radius 3 is 2.67 bits per heavy atom. The zero-order valence-electron chi connectivity index (χ0n) is 3.63. The molecule has 0 saturated heterocycles. The first kappa shape index (κ1) is 3.56. The summed E-state index contributed by atoms with van der Waals surface area (Å²) in [6.07, 6.45) is 5.53. The molecule has 31 valence electrons. The predicted molar refractivity (Wildman–Crippen MR) is 25.7 cm³/mol. The van der Waals surface area contributed by atoms with Gasteiger partial charge < -0.3 is 0 Å². The molecule has 1 heterocycles. The van der Waals surface area contributed by atoms with Crippen molar-refractivity contribution >= 4 is 6.21 Å². The van der Waals surface area contributed by atoms with E-state index in [9.17, 15) is 0 Å². The number of allylic oxidation sites excluding steroid dienone is 1. The van der Waals surface area contributed by atoms with Gasteiger partial charge in [-0.05, 0) is 10.1 Å². The van der Waals surface area contributed by atoms with E-state index in [0.717, 1.165) is 0 Å². The summed E-state index contributed by atoms with van der Waals surface area (Å²) in [6, 6.07) is 0. The van der Waals surface area contributed by atoms with E-state index in [4.69, 9.17) is 0 Å². The van der Waals surface area contributed by atoms with Gasteiger partial charge in [0.05, 0.1) is 6.21 Å². The second-order valence-electron chi connectivity index (χ2n) is 1.18. The molecule has 0 amide bonds. The van der Waals surface area contributed by atoms with Crippen LogP contribution < -0.4 is 5.01 Å². The minimum atomic E-state index is 1.75. The molecule has 1 aliphatic heterocycles. The van der Waals surface area contributed by atoms with E-state index in [-0.39, 0.29) is 0 Å². The van der Waals surface area contributed by atoms with Crippen molar-refractivity contribution in [2.75, 3.05) is 7.05 Å². The highest BCUT2D eigenvalue weighted by molar-refractivity contribution is 5.72. The van der Waals surface area contributed by atoms with E-state index in [1.165, 1.54) is 0 Å². The molecule has 1 radical (unpaired) electrons. The minimum absolute atomic E-state index is 1.75. The number of hydrazone groups is 1. The second kappa shape index (κ2) is 1.22. The molecule has 6 heavy (non-hydrogen) atoms. The minimum Gasteiger partial charge on any atom is -0.0301 e. The molecule has 0 aromatic heterocycles. The molecule has 0 aliphatic carbocycles. The van der Waals surface area contributed by atoms with Gasteiger partial charge in [0.25, 0.3) is 0 Å². The second-order valence-corrected chi connectivity index (χ2v) is 1.18. The van der Waals surface area contributed by atoms with Crippen LogP contribution in [0.25, 0.3) is 0 Å². The quantitative estimate of drug-likeness (QED) is 0.373. The Kier molecular flexibility index (Phi) is 0.725. The fourth-order valence-corrected chi connectivity index (χ4v) is 0.345. The van der Waals surface area contributed by atoms with Crippen LogP contribution >= 0.6 is 0 Å². The van der Waals surface area contributed by atoms with Gasteiger partial charge in [-0.25, -0.2) is 0 Å². The van der Waals surface area contributed by atoms with Crippen LogP contribution in [-0.2, 0) is 0 Å². The molecule has 0 bridgehead atoms. The summed E-state index contributed by atoms with van der Waals surface area (Å²) in [5.74, 6) is 0. The molecule has 2 heteroatoms. The van der Waals surface area contributed by atoms with Crippen molar-refractivity contribution in [1.29, 1.82) is 0 Å². The van der Waals surface area contributed by atoms with Crippen LogP contribution in [0.1, 0.15) is 0 Å². The van der Waals surface area contributed by atoms with Crippen LogP contribution in [0.4, 0.5) is 0 Å². The fraction of sp³-hybridized carbons (Fsp3) is 0.250. The van der Waals surface area contributed by atoms with Gasteiger partial charge in [0.1, 0.15) is 7.05 Å². The maximum atomic E-state index is 3.83. The Morgan fingerprint density at radius 1 is 1.67 bits per heavy atom. The summed E-state index contributed by atoms with van der Waals surface area (Å²) in [5.41, 5.74) is 0. The van der Waals surface area contributed by atoms with Crippen molar-refractivity contribution < 1.29 is 0 Å². The summed E-state index contributed by atoms with van der Waals surface area (Å²) in [6.45, 7) is 0. The molecular weight excluding hydrogens is 76.1 g/mol. The molecule has 0 atom stereocenters. The Bertz CT molecular complexity index is 81.7. The number of rotatable bonds is 0. The number of hydrogen-bond donors (Lipinski definition) is 0. The topological polar surface area (TPSA) is 18.3 Å². The summed E-state index contributed by atoms with van der Waals surface area (Å²) < 4.78 is 0. The normalized spacial score (nSPS) is 20.2. The average Bonchev–Trinajstić information content (AvgIpc) is 1.86. The van der Waals surface area contributed by atoms with E-state index in [1.54, 1.807) is 11.2 Å². The zero-order chi connectivity index (χ0) is 4.41. The van der Waals surface area contributed by atoms with Crippen molar-refractivity contribution in [2.45, 2.75) is 0 Å². The van der Waals surface area contributed by atoms with Crippen LogP contribution in [-0.4, -0.2) is 13.3 Å². The van der Waals surface area contributed by atoms with Gasteiger partial charge in [0, 0.05) is 6.08 Å². The monoisotopic (exact) mass is 82.1 g/mol. The number of nitrogens with zero attached hydrogens (tertiary/aromatic N) is 2. The lowest BCUT2D eigenvalue weighted by Crippen LogP contribution is -2.02. The lowest BCUT2D eigenvalue weighted by atomic mass is 10.7. The molecular formula is C4H6N2+. The van der Waals surface area contributed by atoms with Crippen LogP contribution in [0.15, 0.2) is 17.4 Å². The van der Waals surface area contributed by atoms with E-state index in [2.05, 4.69) is 5.10 Å². The highest BCUT2D eigenvalue weighted by Crippen LogP contribution is 1.84. The van der Waals surface area contributed by atoms with Crippen LogP contribution in [0, 0.1) is 0 Å².